The first-order valence-corrected chi connectivity index (χ1v) is 10.9. The number of hydrogen-bond donors (Lipinski definition) is 0. The molecule has 0 radical (unpaired) electrons. The molecule has 1 saturated heterocycles. The van der Waals surface area contributed by atoms with Crippen LogP contribution in [0.25, 0.3) is 0 Å². The van der Waals surface area contributed by atoms with Gasteiger partial charge in [-0.1, -0.05) is 60.7 Å². The average molecular weight is 434 g/mol. The summed E-state index contributed by atoms with van der Waals surface area (Å²) >= 11 is 0. The molecule has 2 aliphatic rings. The first kappa shape index (κ1) is 22.1. The minimum atomic E-state index is -1.96. The van der Waals surface area contributed by atoms with E-state index in [9.17, 15) is 21.0 Å². The van der Waals surface area contributed by atoms with Crippen molar-refractivity contribution in [3.05, 3.63) is 83.6 Å². The molecule has 1 heterocycles. The maximum absolute atomic E-state index is 10.5. The molecule has 2 aromatic carbocycles. The van der Waals surface area contributed by atoms with Gasteiger partial charge >= 0.3 is 0 Å². The Morgan fingerprint density at radius 2 is 1.39 bits per heavy atom. The van der Waals surface area contributed by atoms with Crippen LogP contribution in [-0.2, 0) is 9.47 Å². The normalized spacial score (nSPS) is 26.6. The minimum absolute atomic E-state index is 0.347. The summed E-state index contributed by atoms with van der Waals surface area (Å²) in [5.74, 6) is -1.55. The number of benzene rings is 2. The number of fused-ring (bicyclic) bond motifs is 1. The summed E-state index contributed by atoms with van der Waals surface area (Å²) in [4.78, 5) is 0. The van der Waals surface area contributed by atoms with Gasteiger partial charge in [-0.05, 0) is 24.1 Å². The summed E-state index contributed by atoms with van der Waals surface area (Å²) in [5.41, 5.74) is -2.32. The molecule has 0 unspecified atom stereocenters. The molecule has 162 valence electrons. The lowest BCUT2D eigenvalue weighted by Gasteiger charge is -2.51. The van der Waals surface area contributed by atoms with Crippen LogP contribution in [-0.4, -0.2) is 12.9 Å². The van der Waals surface area contributed by atoms with Crippen LogP contribution in [0.15, 0.2) is 72.5 Å². The molecule has 1 fully saturated rings. The van der Waals surface area contributed by atoms with Gasteiger partial charge < -0.3 is 9.47 Å². The average Bonchev–Trinajstić information content (AvgIpc) is 2.88. The Bertz CT molecular complexity index is 1180. The zero-order valence-corrected chi connectivity index (χ0v) is 18.2. The Hall–Kier alpha value is -4.10. The molecule has 1 aliphatic carbocycles. The van der Waals surface area contributed by atoms with Gasteiger partial charge in [0.1, 0.15) is 5.76 Å². The van der Waals surface area contributed by atoms with Gasteiger partial charge in [-0.15, -0.1) is 0 Å². The molecule has 0 amide bonds. The molecule has 2 aromatic rings. The van der Waals surface area contributed by atoms with Crippen LogP contribution >= 0.6 is 0 Å². The van der Waals surface area contributed by atoms with Crippen LogP contribution in [0.4, 0.5) is 0 Å². The second-order valence-corrected chi connectivity index (χ2v) is 8.25. The Morgan fingerprint density at radius 1 is 0.848 bits per heavy atom. The van der Waals surface area contributed by atoms with Gasteiger partial charge in [-0.3, -0.25) is 0 Å². The molecular formula is C27H22N4O2. The maximum atomic E-state index is 10.5. The molecule has 1 aliphatic heterocycles. The molecule has 0 bridgehead atoms. The third kappa shape index (κ3) is 3.25. The van der Waals surface area contributed by atoms with Crippen molar-refractivity contribution in [1.29, 1.82) is 21.0 Å². The summed E-state index contributed by atoms with van der Waals surface area (Å²) < 4.78 is 12.0. The van der Waals surface area contributed by atoms with Crippen molar-refractivity contribution in [3.63, 3.8) is 0 Å². The number of hydrogen-bond acceptors (Lipinski definition) is 6. The first-order chi connectivity index (χ1) is 16.1. The van der Waals surface area contributed by atoms with E-state index in [1.807, 2.05) is 43.3 Å². The van der Waals surface area contributed by atoms with E-state index in [-0.39, 0.29) is 5.92 Å². The van der Waals surface area contributed by atoms with Gasteiger partial charge in [-0.2, -0.15) is 21.0 Å². The van der Waals surface area contributed by atoms with Crippen LogP contribution in [0, 0.1) is 62.1 Å². The lowest BCUT2D eigenvalue weighted by atomic mass is 9.47. The molecule has 0 saturated carbocycles. The summed E-state index contributed by atoms with van der Waals surface area (Å²) in [6.45, 7) is 2.31. The van der Waals surface area contributed by atoms with Gasteiger partial charge in [0.15, 0.2) is 17.1 Å². The van der Waals surface area contributed by atoms with E-state index in [0.29, 0.717) is 24.4 Å². The van der Waals surface area contributed by atoms with Gasteiger partial charge in [-0.25, -0.2) is 0 Å². The maximum Gasteiger partial charge on any atom is 0.199 e. The minimum Gasteiger partial charge on any atom is -0.469 e. The molecule has 33 heavy (non-hydrogen) atoms. The Kier molecular flexibility index (Phi) is 5.89. The highest BCUT2D eigenvalue weighted by atomic mass is 16.7. The van der Waals surface area contributed by atoms with Crippen molar-refractivity contribution in [2.75, 3.05) is 6.61 Å². The second kappa shape index (κ2) is 8.80. The lowest BCUT2D eigenvalue weighted by molar-refractivity contribution is -0.159. The van der Waals surface area contributed by atoms with Crippen LogP contribution in [0.2, 0.25) is 0 Å². The van der Waals surface area contributed by atoms with Gasteiger partial charge in [0, 0.05) is 24.9 Å². The zero-order valence-electron chi connectivity index (χ0n) is 18.2. The number of allylic oxidation sites excluding steroid dienone is 2. The highest BCUT2D eigenvalue weighted by molar-refractivity contribution is 5.51. The van der Waals surface area contributed by atoms with Crippen molar-refractivity contribution in [1.82, 2.24) is 0 Å². The highest BCUT2D eigenvalue weighted by Crippen LogP contribution is 2.63. The lowest BCUT2D eigenvalue weighted by Crippen LogP contribution is -2.54. The number of nitriles is 4. The monoisotopic (exact) mass is 434 g/mol. The van der Waals surface area contributed by atoms with Crippen molar-refractivity contribution < 1.29 is 9.47 Å². The molecule has 0 N–H and O–H groups in total. The number of nitrogens with zero attached hydrogens (tertiary/aromatic N) is 4. The van der Waals surface area contributed by atoms with E-state index in [2.05, 4.69) is 24.3 Å². The van der Waals surface area contributed by atoms with Crippen molar-refractivity contribution in [3.8, 4) is 24.3 Å². The highest BCUT2D eigenvalue weighted by Gasteiger charge is 2.69. The van der Waals surface area contributed by atoms with Crippen molar-refractivity contribution >= 4 is 0 Å². The Morgan fingerprint density at radius 3 is 1.91 bits per heavy atom. The molecule has 0 spiro atoms. The summed E-state index contributed by atoms with van der Waals surface area (Å²) in [6.07, 6.45) is 1.58. The fourth-order valence-corrected chi connectivity index (χ4v) is 5.26. The molecule has 0 aromatic heterocycles. The van der Waals surface area contributed by atoms with Crippen molar-refractivity contribution in [2.24, 2.45) is 16.7 Å². The van der Waals surface area contributed by atoms with E-state index in [1.165, 1.54) is 0 Å². The third-order valence-corrected chi connectivity index (χ3v) is 6.75. The SMILES string of the molecule is CCO[C@H]1C[C@@H](c2ccccc2)[C@H]2C(=C[C@@H](c3ccccc3)C(C#N)(C#N)C2(C#N)C#N)O1. The topological polar surface area (TPSA) is 114 Å². The molecule has 6 nitrogen and oxygen atoms in total. The Labute approximate surface area is 193 Å². The fourth-order valence-electron chi connectivity index (χ4n) is 5.26. The summed E-state index contributed by atoms with van der Waals surface area (Å²) in [7, 11) is 0. The van der Waals surface area contributed by atoms with E-state index in [1.54, 1.807) is 30.3 Å². The first-order valence-electron chi connectivity index (χ1n) is 10.9. The zero-order chi connectivity index (χ0) is 23.5. The molecule has 6 heteroatoms. The third-order valence-electron chi connectivity index (χ3n) is 6.75. The summed E-state index contributed by atoms with van der Waals surface area (Å²) in [5, 5.41) is 41.7. The van der Waals surface area contributed by atoms with E-state index in [0.717, 1.165) is 5.56 Å². The van der Waals surface area contributed by atoms with Gasteiger partial charge in [0.2, 0.25) is 0 Å². The van der Waals surface area contributed by atoms with E-state index < -0.39 is 29.0 Å². The molecule has 4 rings (SSSR count). The number of ether oxygens (including phenoxy) is 2. The smallest absolute Gasteiger partial charge is 0.199 e. The predicted octanol–water partition coefficient (Wildman–Crippen LogP) is 4.92. The standard InChI is InChI=1S/C27H22N4O2/c1-2-32-24-13-21(19-9-5-3-6-10-19)25-23(33-24)14-22(20-11-7-4-8-12-20)26(15-28,16-29)27(25,17-30)18-31/h3-12,14,21-22,24-25H,2,13H2,1H3/t21-,22-,24+,25-/m0/s1. The van der Waals surface area contributed by atoms with E-state index >= 15 is 0 Å². The largest absolute Gasteiger partial charge is 0.469 e. The van der Waals surface area contributed by atoms with Crippen LogP contribution in [0.5, 0.6) is 0 Å². The van der Waals surface area contributed by atoms with Crippen molar-refractivity contribution in [2.45, 2.75) is 31.5 Å². The summed E-state index contributed by atoms with van der Waals surface area (Å²) in [6, 6.07) is 27.1. The van der Waals surface area contributed by atoms with Crippen LogP contribution < -0.4 is 0 Å². The van der Waals surface area contributed by atoms with Crippen LogP contribution in [0.3, 0.4) is 0 Å². The molecule has 4 atom stereocenters. The second-order valence-electron chi connectivity index (χ2n) is 8.25. The predicted molar refractivity (Wildman–Crippen MR) is 118 cm³/mol. The van der Waals surface area contributed by atoms with Crippen LogP contribution in [0.1, 0.15) is 36.3 Å². The quantitative estimate of drug-likeness (QED) is 0.675. The fraction of sp³-hybridized carbons (Fsp3) is 0.333. The Balaban J connectivity index is 2.02. The van der Waals surface area contributed by atoms with Gasteiger partial charge in [0.25, 0.3) is 0 Å². The van der Waals surface area contributed by atoms with Gasteiger partial charge in [0.05, 0.1) is 30.2 Å². The number of rotatable bonds is 4. The molecular weight excluding hydrogens is 412 g/mol. The van der Waals surface area contributed by atoms with E-state index in [4.69, 9.17) is 9.47 Å².